The van der Waals surface area contributed by atoms with Gasteiger partial charge in [0.05, 0.1) is 46.0 Å². The van der Waals surface area contributed by atoms with E-state index in [2.05, 4.69) is 15.3 Å². The molecule has 0 bridgehead atoms. The monoisotopic (exact) mass is 494 g/mol. The van der Waals surface area contributed by atoms with E-state index in [0.717, 1.165) is 11.0 Å². The molecule has 8 nitrogen and oxygen atoms in total. The van der Waals surface area contributed by atoms with Crippen LogP contribution in [0.4, 0.5) is 11.4 Å². The summed E-state index contributed by atoms with van der Waals surface area (Å²) in [6.07, 6.45) is 1.65. The lowest BCUT2D eigenvalue weighted by Gasteiger charge is -2.28. The standard InChI is InChI=1S/C24H19ClN4O4S/c25-20-10-7-17(13-19(20)23-14-26-21-3-1-2-4-22(21)28-23)27-24(30)16-5-8-18(9-6-16)29-15-33-11-12-34(29,31)32/h1-10,13-14H,11-12,15H2,(H,27,30). The van der Waals surface area contributed by atoms with Crippen molar-refractivity contribution in [1.29, 1.82) is 0 Å². The minimum absolute atomic E-state index is 0.0426. The number of nitrogens with zero attached hydrogens (tertiary/aromatic N) is 3. The summed E-state index contributed by atoms with van der Waals surface area (Å²) in [5.74, 6) is -0.419. The van der Waals surface area contributed by atoms with Crippen molar-refractivity contribution in [3.8, 4) is 11.3 Å². The molecule has 0 aliphatic carbocycles. The summed E-state index contributed by atoms with van der Waals surface area (Å²) in [4.78, 5) is 21.9. The van der Waals surface area contributed by atoms with Gasteiger partial charge in [0.15, 0.2) is 0 Å². The molecule has 1 saturated heterocycles. The highest BCUT2D eigenvalue weighted by Gasteiger charge is 2.26. The second kappa shape index (κ2) is 9.02. The van der Waals surface area contributed by atoms with Crippen LogP contribution in [0.25, 0.3) is 22.3 Å². The van der Waals surface area contributed by atoms with E-state index >= 15 is 0 Å². The van der Waals surface area contributed by atoms with Crippen LogP contribution in [0.5, 0.6) is 0 Å². The number of rotatable bonds is 4. The number of sulfonamides is 1. The van der Waals surface area contributed by atoms with Crippen molar-refractivity contribution in [2.45, 2.75) is 0 Å². The quantitative estimate of drug-likeness (QED) is 0.453. The van der Waals surface area contributed by atoms with E-state index in [1.807, 2.05) is 24.3 Å². The average Bonchev–Trinajstić information content (AvgIpc) is 2.85. The van der Waals surface area contributed by atoms with Crippen molar-refractivity contribution in [3.63, 3.8) is 0 Å². The first kappa shape index (κ1) is 22.3. The second-order valence-electron chi connectivity index (χ2n) is 7.64. The van der Waals surface area contributed by atoms with Crippen molar-refractivity contribution in [3.05, 3.63) is 83.5 Å². The molecule has 0 unspecified atom stereocenters. The van der Waals surface area contributed by atoms with E-state index in [1.165, 1.54) is 4.31 Å². The van der Waals surface area contributed by atoms with Crippen molar-refractivity contribution in [2.75, 3.05) is 28.7 Å². The molecule has 2 heterocycles. The van der Waals surface area contributed by atoms with E-state index in [4.69, 9.17) is 16.3 Å². The summed E-state index contributed by atoms with van der Waals surface area (Å²) in [6.45, 7) is 0.131. The number of aromatic nitrogens is 2. The van der Waals surface area contributed by atoms with Gasteiger partial charge in [0.25, 0.3) is 5.91 Å². The zero-order valence-electron chi connectivity index (χ0n) is 17.8. The SMILES string of the molecule is O=C(Nc1ccc(Cl)c(-c2cnc3ccccc3n2)c1)c1ccc(N2COCCS2(=O)=O)cc1. The Hall–Kier alpha value is -3.53. The topological polar surface area (TPSA) is 101 Å². The maximum absolute atomic E-state index is 12.8. The first-order valence-electron chi connectivity index (χ1n) is 10.4. The van der Waals surface area contributed by atoms with Crippen LogP contribution in [-0.2, 0) is 14.8 Å². The number of ether oxygens (including phenoxy) is 1. The molecule has 0 spiro atoms. The Balaban J connectivity index is 1.36. The zero-order chi connectivity index (χ0) is 23.7. The van der Waals surface area contributed by atoms with Gasteiger partial charge >= 0.3 is 0 Å². The molecule has 0 atom stereocenters. The highest BCUT2D eigenvalue weighted by Crippen LogP contribution is 2.30. The molecular formula is C24H19ClN4O4S. The minimum Gasteiger partial charge on any atom is -0.359 e. The van der Waals surface area contributed by atoms with Gasteiger partial charge in [0, 0.05) is 16.8 Å². The molecule has 4 aromatic rings. The largest absolute Gasteiger partial charge is 0.359 e. The number of carbonyl (C=O) groups is 1. The van der Waals surface area contributed by atoms with Crippen LogP contribution in [0.15, 0.2) is 72.9 Å². The number of fused-ring (bicyclic) bond motifs is 1. The third kappa shape index (κ3) is 4.45. The molecule has 1 aliphatic heterocycles. The molecule has 0 saturated carbocycles. The highest BCUT2D eigenvalue weighted by atomic mass is 35.5. The molecule has 172 valence electrons. The summed E-state index contributed by atoms with van der Waals surface area (Å²) >= 11 is 6.41. The van der Waals surface area contributed by atoms with Crippen LogP contribution in [-0.4, -0.2) is 43.4 Å². The number of hydrogen-bond acceptors (Lipinski definition) is 6. The van der Waals surface area contributed by atoms with Gasteiger partial charge in [-0.2, -0.15) is 0 Å². The predicted octanol–water partition coefficient (Wildman–Crippen LogP) is 4.33. The van der Waals surface area contributed by atoms with Gasteiger partial charge in [-0.25, -0.2) is 17.7 Å². The number of amides is 1. The lowest BCUT2D eigenvalue weighted by Crippen LogP contribution is -2.41. The summed E-state index contributed by atoms with van der Waals surface area (Å²) in [7, 11) is -3.42. The van der Waals surface area contributed by atoms with E-state index < -0.39 is 10.0 Å². The van der Waals surface area contributed by atoms with E-state index in [9.17, 15) is 13.2 Å². The third-order valence-corrected chi connectivity index (χ3v) is 7.40. The van der Waals surface area contributed by atoms with E-state index in [1.54, 1.807) is 48.7 Å². The normalized spacial score (nSPS) is 15.3. The molecule has 3 aromatic carbocycles. The first-order valence-corrected chi connectivity index (χ1v) is 12.4. The van der Waals surface area contributed by atoms with Crippen molar-refractivity contribution >= 4 is 49.9 Å². The van der Waals surface area contributed by atoms with Gasteiger partial charge in [-0.15, -0.1) is 0 Å². The summed E-state index contributed by atoms with van der Waals surface area (Å²) < 4.78 is 30.9. The fraction of sp³-hybridized carbons (Fsp3) is 0.125. The maximum atomic E-state index is 12.8. The fourth-order valence-electron chi connectivity index (χ4n) is 3.61. The molecule has 1 amide bonds. The summed E-state index contributed by atoms with van der Waals surface area (Å²) in [5, 5.41) is 3.33. The molecule has 10 heteroatoms. The van der Waals surface area contributed by atoms with E-state index in [-0.39, 0.29) is 25.0 Å². The summed E-state index contributed by atoms with van der Waals surface area (Å²) in [6, 6.07) is 19.0. The lowest BCUT2D eigenvalue weighted by atomic mass is 10.1. The lowest BCUT2D eigenvalue weighted by molar-refractivity contribution is 0.102. The number of para-hydroxylation sites is 2. The molecule has 0 radical (unpaired) electrons. The number of halogens is 1. The average molecular weight is 495 g/mol. The van der Waals surface area contributed by atoms with E-state index in [0.29, 0.717) is 33.2 Å². The highest BCUT2D eigenvalue weighted by molar-refractivity contribution is 7.92. The Morgan fingerprint density at radius 2 is 1.79 bits per heavy atom. The second-order valence-corrected chi connectivity index (χ2v) is 10.1. The molecule has 1 N–H and O–H groups in total. The smallest absolute Gasteiger partial charge is 0.255 e. The van der Waals surface area contributed by atoms with Crippen LogP contribution in [0.3, 0.4) is 0 Å². The third-order valence-electron chi connectivity index (χ3n) is 5.40. The van der Waals surface area contributed by atoms with Crippen LogP contribution in [0, 0.1) is 0 Å². The van der Waals surface area contributed by atoms with Crippen LogP contribution in [0.2, 0.25) is 5.02 Å². The Bertz CT molecular complexity index is 1490. The number of carbonyl (C=O) groups excluding carboxylic acids is 1. The van der Waals surface area contributed by atoms with Crippen LogP contribution >= 0.6 is 11.6 Å². The van der Waals surface area contributed by atoms with Crippen molar-refractivity contribution in [2.24, 2.45) is 0 Å². The molecule has 5 rings (SSSR count). The van der Waals surface area contributed by atoms with Crippen LogP contribution in [0.1, 0.15) is 10.4 Å². The Morgan fingerprint density at radius 3 is 2.56 bits per heavy atom. The molecule has 34 heavy (non-hydrogen) atoms. The maximum Gasteiger partial charge on any atom is 0.255 e. The zero-order valence-corrected chi connectivity index (χ0v) is 19.4. The van der Waals surface area contributed by atoms with Gasteiger partial charge in [-0.3, -0.25) is 9.78 Å². The fourth-order valence-corrected chi connectivity index (χ4v) is 5.05. The number of nitrogens with one attached hydrogen (secondary N) is 1. The minimum atomic E-state index is -3.42. The van der Waals surface area contributed by atoms with Gasteiger partial charge in [0.2, 0.25) is 10.0 Å². The van der Waals surface area contributed by atoms with Gasteiger partial charge in [-0.05, 0) is 54.6 Å². The number of anilines is 2. The molecule has 1 aliphatic rings. The number of benzene rings is 3. The first-order chi connectivity index (χ1) is 16.4. The predicted molar refractivity (Wildman–Crippen MR) is 131 cm³/mol. The van der Waals surface area contributed by atoms with Gasteiger partial charge in [0.1, 0.15) is 6.73 Å². The van der Waals surface area contributed by atoms with Crippen molar-refractivity contribution in [1.82, 2.24) is 9.97 Å². The van der Waals surface area contributed by atoms with Gasteiger partial charge < -0.3 is 10.1 Å². The molecule has 1 aromatic heterocycles. The van der Waals surface area contributed by atoms with Crippen molar-refractivity contribution < 1.29 is 17.9 Å². The number of hydrogen-bond donors (Lipinski definition) is 1. The Labute approximate surface area is 201 Å². The summed E-state index contributed by atoms with van der Waals surface area (Å²) in [5.41, 5.74) is 4.11. The molecular weight excluding hydrogens is 476 g/mol. The van der Waals surface area contributed by atoms with Crippen LogP contribution < -0.4 is 9.62 Å². The Kier molecular flexibility index (Phi) is 5.91. The molecule has 1 fully saturated rings. The van der Waals surface area contributed by atoms with Gasteiger partial charge in [-0.1, -0.05) is 23.7 Å². The Morgan fingerprint density at radius 1 is 1.03 bits per heavy atom.